The van der Waals surface area contributed by atoms with Crippen molar-refractivity contribution in [1.82, 2.24) is 0 Å². The van der Waals surface area contributed by atoms with Crippen molar-refractivity contribution in [3.63, 3.8) is 0 Å². The molecule has 2 unspecified atom stereocenters. The third-order valence-electron chi connectivity index (χ3n) is 17.3. The summed E-state index contributed by atoms with van der Waals surface area (Å²) in [6, 6.07) is 0. The van der Waals surface area contributed by atoms with Gasteiger partial charge in [-0.1, -0.05) is 336 Å². The second kappa shape index (κ2) is 67.3. The summed E-state index contributed by atoms with van der Waals surface area (Å²) >= 11 is 0. The normalized spacial score (nSPS) is 14.0. The fourth-order valence-corrected chi connectivity index (χ4v) is 12.9. The summed E-state index contributed by atoms with van der Waals surface area (Å²) in [7, 11) is -9.90. The summed E-state index contributed by atoms with van der Waals surface area (Å²) in [4.78, 5) is 72.5. The second-order valence-electron chi connectivity index (χ2n) is 27.2. The first-order valence-corrected chi connectivity index (χ1v) is 41.6. The highest BCUT2D eigenvalue weighted by Gasteiger charge is 2.30. The van der Waals surface area contributed by atoms with Gasteiger partial charge in [-0.25, -0.2) is 9.13 Å². The van der Waals surface area contributed by atoms with E-state index in [1.54, 1.807) is 0 Å². The van der Waals surface area contributed by atoms with Crippen molar-refractivity contribution in [2.75, 3.05) is 39.6 Å². The Morgan fingerprint density at radius 2 is 0.495 bits per heavy atom. The van der Waals surface area contributed by atoms with Crippen LogP contribution in [-0.4, -0.2) is 96.7 Å². The molecule has 0 fully saturated rings. The second-order valence-corrected chi connectivity index (χ2v) is 30.1. The van der Waals surface area contributed by atoms with Crippen LogP contribution in [0.1, 0.15) is 388 Å². The molecule has 0 aromatic heterocycles. The highest BCUT2D eigenvalue weighted by Crippen LogP contribution is 2.45. The molecule has 0 heterocycles. The number of rotatable bonds is 74. The number of phosphoric ester groups is 2. The third kappa shape index (κ3) is 68.4. The Labute approximate surface area is 568 Å². The van der Waals surface area contributed by atoms with Crippen LogP contribution < -0.4 is 0 Å². The lowest BCUT2D eigenvalue weighted by Gasteiger charge is -2.21. The van der Waals surface area contributed by atoms with E-state index in [0.29, 0.717) is 25.7 Å². The zero-order chi connectivity index (χ0) is 68.4. The molecule has 0 saturated carbocycles. The molecular formula is C74H144O17P2. The number of ether oxygens (including phenoxy) is 4. The number of esters is 4. The molecule has 0 spiro atoms. The van der Waals surface area contributed by atoms with E-state index >= 15 is 0 Å². The summed E-state index contributed by atoms with van der Waals surface area (Å²) in [6.45, 7) is 7.21. The molecule has 0 bridgehead atoms. The van der Waals surface area contributed by atoms with Gasteiger partial charge in [-0.3, -0.25) is 37.3 Å². The number of hydrogen-bond donors (Lipinski definition) is 3. The Balaban J connectivity index is 5.15. The number of carbonyl (C=O) groups is 4. The van der Waals surface area contributed by atoms with Gasteiger partial charge in [-0.05, 0) is 31.6 Å². The highest BCUT2D eigenvalue weighted by atomic mass is 31.2. The Kier molecular flexibility index (Phi) is 65.9. The van der Waals surface area contributed by atoms with Gasteiger partial charge >= 0.3 is 39.5 Å². The monoisotopic (exact) mass is 1370 g/mol. The minimum atomic E-state index is -4.95. The molecule has 3 N–H and O–H groups in total. The maximum Gasteiger partial charge on any atom is 0.472 e. The summed E-state index contributed by atoms with van der Waals surface area (Å²) in [6.07, 6.45) is 55.7. The number of aliphatic hydroxyl groups is 1. The molecule has 0 rings (SSSR count). The molecule has 93 heavy (non-hydrogen) atoms. The van der Waals surface area contributed by atoms with Gasteiger partial charge in [0.05, 0.1) is 26.4 Å². The van der Waals surface area contributed by atoms with E-state index in [1.807, 2.05) is 0 Å². The number of unbranched alkanes of at least 4 members (excludes halogenated alkanes) is 46. The lowest BCUT2D eigenvalue weighted by atomic mass is 10.0. The van der Waals surface area contributed by atoms with Crippen molar-refractivity contribution < 1.29 is 80.2 Å². The van der Waals surface area contributed by atoms with Crippen molar-refractivity contribution in [2.24, 2.45) is 5.92 Å². The molecule has 0 amide bonds. The Morgan fingerprint density at radius 1 is 0.290 bits per heavy atom. The molecule has 5 atom stereocenters. The van der Waals surface area contributed by atoms with Crippen molar-refractivity contribution >= 4 is 39.5 Å². The van der Waals surface area contributed by atoms with Gasteiger partial charge in [0.15, 0.2) is 12.2 Å². The van der Waals surface area contributed by atoms with Crippen LogP contribution in [-0.2, 0) is 65.4 Å². The van der Waals surface area contributed by atoms with Gasteiger partial charge in [-0.15, -0.1) is 0 Å². The van der Waals surface area contributed by atoms with E-state index in [0.717, 1.165) is 109 Å². The molecule has 0 saturated heterocycles. The first-order chi connectivity index (χ1) is 45.0. The van der Waals surface area contributed by atoms with E-state index in [-0.39, 0.29) is 25.7 Å². The Morgan fingerprint density at radius 3 is 0.731 bits per heavy atom. The molecule has 0 radical (unpaired) electrons. The van der Waals surface area contributed by atoms with Crippen LogP contribution in [0.2, 0.25) is 0 Å². The average molecular weight is 1370 g/mol. The molecule has 552 valence electrons. The topological polar surface area (TPSA) is 237 Å². The largest absolute Gasteiger partial charge is 0.472 e. The van der Waals surface area contributed by atoms with Gasteiger partial charge in [-0.2, -0.15) is 0 Å². The number of carbonyl (C=O) groups excluding carboxylic acids is 4. The van der Waals surface area contributed by atoms with Crippen LogP contribution >= 0.6 is 15.6 Å². The van der Waals surface area contributed by atoms with E-state index in [1.165, 1.54) is 199 Å². The van der Waals surface area contributed by atoms with Crippen molar-refractivity contribution in [3.05, 3.63) is 0 Å². The predicted octanol–water partition coefficient (Wildman–Crippen LogP) is 21.7. The molecule has 0 aliphatic rings. The lowest BCUT2D eigenvalue weighted by molar-refractivity contribution is -0.161. The maximum absolute atomic E-state index is 13.1. The molecule has 17 nitrogen and oxygen atoms in total. The number of phosphoric acid groups is 2. The van der Waals surface area contributed by atoms with Crippen LogP contribution in [0.3, 0.4) is 0 Å². The van der Waals surface area contributed by atoms with Gasteiger partial charge in [0.2, 0.25) is 0 Å². The van der Waals surface area contributed by atoms with Gasteiger partial charge in [0.25, 0.3) is 0 Å². The fraction of sp³-hybridized carbons (Fsp3) is 0.946. The Hall–Kier alpha value is -1.94. The quantitative estimate of drug-likeness (QED) is 0.0222. The van der Waals surface area contributed by atoms with Crippen LogP contribution in [0.15, 0.2) is 0 Å². The van der Waals surface area contributed by atoms with E-state index in [2.05, 4.69) is 34.6 Å². The highest BCUT2D eigenvalue weighted by molar-refractivity contribution is 7.47. The van der Waals surface area contributed by atoms with Crippen LogP contribution in [0.5, 0.6) is 0 Å². The summed E-state index contributed by atoms with van der Waals surface area (Å²) < 4.78 is 68.3. The van der Waals surface area contributed by atoms with Crippen molar-refractivity contribution in [1.29, 1.82) is 0 Å². The van der Waals surface area contributed by atoms with Gasteiger partial charge in [0, 0.05) is 25.7 Å². The lowest BCUT2D eigenvalue weighted by Crippen LogP contribution is -2.30. The number of aliphatic hydroxyl groups excluding tert-OH is 1. The molecule has 19 heteroatoms. The third-order valence-corrected chi connectivity index (χ3v) is 19.2. The summed E-state index contributed by atoms with van der Waals surface area (Å²) in [5, 5.41) is 10.6. The van der Waals surface area contributed by atoms with Crippen LogP contribution in [0, 0.1) is 5.92 Å². The maximum atomic E-state index is 13.1. The molecule has 0 aliphatic carbocycles. The smallest absolute Gasteiger partial charge is 0.462 e. The number of hydrogen-bond acceptors (Lipinski definition) is 15. The molecule has 0 aromatic rings. The Bertz CT molecular complexity index is 1790. The molecular weight excluding hydrogens is 1220 g/mol. The zero-order valence-electron chi connectivity index (χ0n) is 60.4. The minimum absolute atomic E-state index is 0.105. The first kappa shape index (κ1) is 91.1. The van der Waals surface area contributed by atoms with Gasteiger partial charge in [0.1, 0.15) is 19.3 Å². The molecule has 0 aromatic carbocycles. The average Bonchev–Trinajstić information content (AvgIpc) is 1.93. The zero-order valence-corrected chi connectivity index (χ0v) is 62.2. The van der Waals surface area contributed by atoms with E-state index in [9.17, 15) is 43.2 Å². The van der Waals surface area contributed by atoms with Crippen LogP contribution in [0.25, 0.3) is 0 Å². The minimum Gasteiger partial charge on any atom is -0.462 e. The fourth-order valence-electron chi connectivity index (χ4n) is 11.4. The SMILES string of the molecule is CCCCCCCCCCCCCCCCCCCCCCCC(=O)O[C@H](COC(=O)CCCCCCCCCCCCCCC)COP(=O)(O)OC[C@@H](O)COP(=O)(O)OC[C@@H](COC(=O)CCCCCCCCC)OC(=O)CCCCCCCCCCCC(C)C. The summed E-state index contributed by atoms with van der Waals surface area (Å²) in [5.74, 6) is -1.39. The predicted molar refractivity (Wildman–Crippen MR) is 377 cm³/mol. The van der Waals surface area contributed by atoms with E-state index < -0.39 is 97.5 Å². The first-order valence-electron chi connectivity index (χ1n) is 38.6. The standard InChI is InChI=1S/C74H144O17P2/c1-6-9-12-15-18-20-22-24-25-26-27-28-29-30-31-33-35-39-44-49-54-59-73(78)91-70(64-85-72(77)58-53-48-43-38-34-32-23-21-19-16-13-10-7-2)66-89-93(82,83)87-62-68(75)61-86-92(80,81)88-65-69(63-84-71(76)57-52-47-41-17-14-11-8-3)90-74(79)60-55-50-45-40-36-37-42-46-51-56-67(4)5/h67-70,75H,6-66H2,1-5H3,(H,80,81)(H,82,83)/t68-,69+,70+/m0/s1. The van der Waals surface area contributed by atoms with Crippen molar-refractivity contribution in [2.45, 2.75) is 406 Å². The van der Waals surface area contributed by atoms with Crippen molar-refractivity contribution in [3.8, 4) is 0 Å². The van der Waals surface area contributed by atoms with E-state index in [4.69, 9.17) is 37.0 Å². The molecule has 0 aliphatic heterocycles. The van der Waals surface area contributed by atoms with Crippen LogP contribution in [0.4, 0.5) is 0 Å². The van der Waals surface area contributed by atoms with Gasteiger partial charge < -0.3 is 33.8 Å². The summed E-state index contributed by atoms with van der Waals surface area (Å²) in [5.41, 5.74) is 0.